The van der Waals surface area contributed by atoms with E-state index in [1.807, 2.05) is 0 Å². The largest absolute Gasteiger partial charge is 0.358 e. The smallest absolute Gasteiger partial charge is 0.0733 e. The van der Waals surface area contributed by atoms with Crippen LogP contribution in [0.3, 0.4) is 0 Å². The summed E-state index contributed by atoms with van der Waals surface area (Å²) >= 11 is 0. The SMILES string of the molecule is CCC1=NC(=Cc2[nH]c(CC)c3cc4c(cc23)C(CC)=N/C4=C\c2[nH]c(CC)c3ccccc23)c2ccccc21. The van der Waals surface area contributed by atoms with Crippen LogP contribution in [-0.2, 0) is 12.8 Å². The molecule has 2 N–H and O–H groups in total. The number of hydrogen-bond donors (Lipinski definition) is 2. The van der Waals surface area contributed by atoms with Crippen molar-refractivity contribution in [2.45, 2.75) is 53.4 Å². The minimum Gasteiger partial charge on any atom is -0.358 e. The first-order chi connectivity index (χ1) is 19.6. The Hall–Kier alpha value is -4.44. The van der Waals surface area contributed by atoms with Crippen molar-refractivity contribution in [1.82, 2.24) is 9.97 Å². The highest BCUT2D eigenvalue weighted by Gasteiger charge is 2.24. The van der Waals surface area contributed by atoms with Crippen LogP contribution in [0.15, 0.2) is 70.6 Å². The Morgan fingerprint density at radius 1 is 0.525 bits per heavy atom. The Balaban J connectivity index is 1.40. The van der Waals surface area contributed by atoms with Gasteiger partial charge in [-0.2, -0.15) is 0 Å². The number of aryl methyl sites for hydroxylation is 2. The van der Waals surface area contributed by atoms with Crippen molar-refractivity contribution in [2.75, 3.05) is 0 Å². The molecular weight excluding hydrogens is 488 g/mol. The standard InChI is InChI=1S/C36H34N4/c1-5-29-21-13-9-11-15-23(21)33(37-29)19-35-27-17-26-28(18-25(27)31(7-3)39-35)36(40-32(26)8-4)20-34-24-16-12-10-14-22(24)30(6-2)38-34/h9-20,37,40H,5-8H2,1-4H3/b34-20?,35-19-. The van der Waals surface area contributed by atoms with Gasteiger partial charge in [0.15, 0.2) is 0 Å². The number of nitrogens with one attached hydrogen (secondary N) is 2. The van der Waals surface area contributed by atoms with Gasteiger partial charge in [0.05, 0.1) is 11.4 Å². The molecule has 0 unspecified atom stereocenters. The molecule has 2 aliphatic heterocycles. The van der Waals surface area contributed by atoms with Gasteiger partial charge in [-0.05, 0) is 50.0 Å². The van der Waals surface area contributed by atoms with E-state index in [2.05, 4.69) is 110 Å². The lowest BCUT2D eigenvalue weighted by Gasteiger charge is -2.05. The number of aromatic amines is 2. The van der Waals surface area contributed by atoms with Crippen LogP contribution in [0.25, 0.3) is 45.1 Å². The predicted molar refractivity (Wildman–Crippen MR) is 171 cm³/mol. The molecule has 0 atom stereocenters. The quantitative estimate of drug-likeness (QED) is 0.223. The maximum atomic E-state index is 5.16. The molecule has 2 aromatic heterocycles. The number of hydrogen-bond acceptors (Lipinski definition) is 2. The maximum absolute atomic E-state index is 5.16. The summed E-state index contributed by atoms with van der Waals surface area (Å²) in [6, 6.07) is 21.9. The number of benzene rings is 3. The molecule has 4 heterocycles. The van der Waals surface area contributed by atoms with Crippen molar-refractivity contribution < 1.29 is 0 Å². The van der Waals surface area contributed by atoms with Gasteiger partial charge in [0.25, 0.3) is 0 Å². The fourth-order valence-corrected chi connectivity index (χ4v) is 6.41. The highest BCUT2D eigenvalue weighted by molar-refractivity contribution is 6.18. The summed E-state index contributed by atoms with van der Waals surface area (Å²) in [6.07, 6.45) is 8.20. The number of fused-ring (bicyclic) bond motifs is 4. The minimum atomic E-state index is 0.889. The third kappa shape index (κ3) is 3.74. The van der Waals surface area contributed by atoms with Gasteiger partial charge in [0, 0.05) is 78.0 Å². The number of nitrogens with zero attached hydrogens (tertiary/aromatic N) is 2. The molecule has 4 heteroatoms. The molecule has 0 saturated heterocycles. The molecule has 5 aromatic rings. The van der Waals surface area contributed by atoms with Gasteiger partial charge < -0.3 is 9.97 Å². The Kier molecular flexibility index (Phi) is 5.92. The third-order valence-corrected chi connectivity index (χ3v) is 8.44. The van der Waals surface area contributed by atoms with E-state index in [0.717, 1.165) is 59.9 Å². The van der Waals surface area contributed by atoms with E-state index >= 15 is 0 Å². The van der Waals surface area contributed by atoms with Gasteiger partial charge in [-0.15, -0.1) is 0 Å². The fraction of sp³-hybridized carbons (Fsp3) is 0.222. The molecule has 198 valence electrons. The zero-order chi connectivity index (χ0) is 27.4. The van der Waals surface area contributed by atoms with E-state index in [-0.39, 0.29) is 0 Å². The second-order valence-electron chi connectivity index (χ2n) is 10.7. The summed E-state index contributed by atoms with van der Waals surface area (Å²) in [7, 11) is 0. The lowest BCUT2D eigenvalue weighted by Crippen LogP contribution is -1.95. The number of H-pyrrole nitrogens is 2. The van der Waals surface area contributed by atoms with Crippen molar-refractivity contribution in [2.24, 2.45) is 9.98 Å². The van der Waals surface area contributed by atoms with Crippen LogP contribution in [0.1, 0.15) is 85.6 Å². The molecule has 40 heavy (non-hydrogen) atoms. The molecule has 0 saturated carbocycles. The molecule has 0 aliphatic carbocycles. The van der Waals surface area contributed by atoms with E-state index in [0.29, 0.717) is 0 Å². The third-order valence-electron chi connectivity index (χ3n) is 8.44. The minimum absolute atomic E-state index is 0.889. The first-order valence-corrected chi connectivity index (χ1v) is 14.6. The Labute approximate surface area is 235 Å². The van der Waals surface area contributed by atoms with Crippen LogP contribution in [0, 0.1) is 0 Å². The lowest BCUT2D eigenvalue weighted by atomic mass is 9.96. The summed E-state index contributed by atoms with van der Waals surface area (Å²) in [5.74, 6) is 0. The second-order valence-corrected chi connectivity index (χ2v) is 10.7. The van der Waals surface area contributed by atoms with Crippen molar-refractivity contribution in [1.29, 1.82) is 0 Å². The van der Waals surface area contributed by atoms with Crippen molar-refractivity contribution in [3.05, 3.63) is 106 Å². The number of rotatable bonds is 6. The van der Waals surface area contributed by atoms with Gasteiger partial charge in [-0.3, -0.25) is 9.98 Å². The highest BCUT2D eigenvalue weighted by atomic mass is 14.8. The molecule has 0 radical (unpaired) electrons. The van der Waals surface area contributed by atoms with Gasteiger partial charge in [0.1, 0.15) is 0 Å². The van der Waals surface area contributed by atoms with Crippen molar-refractivity contribution in [3.8, 4) is 0 Å². The number of aromatic nitrogens is 2. The summed E-state index contributed by atoms with van der Waals surface area (Å²) < 4.78 is 0. The zero-order valence-corrected chi connectivity index (χ0v) is 23.7. The molecule has 0 fully saturated rings. The monoisotopic (exact) mass is 522 g/mol. The molecule has 3 aromatic carbocycles. The molecule has 0 spiro atoms. The summed E-state index contributed by atoms with van der Waals surface area (Å²) in [4.78, 5) is 17.6. The van der Waals surface area contributed by atoms with E-state index in [4.69, 9.17) is 9.98 Å². The summed E-state index contributed by atoms with van der Waals surface area (Å²) in [6.45, 7) is 8.79. The number of aliphatic imine (C=N–C) groups is 2. The Morgan fingerprint density at radius 3 is 1.73 bits per heavy atom. The van der Waals surface area contributed by atoms with Crippen molar-refractivity contribution >= 4 is 56.5 Å². The average molecular weight is 523 g/mol. The molecule has 4 nitrogen and oxygen atoms in total. The van der Waals surface area contributed by atoms with E-state index in [1.165, 1.54) is 55.2 Å². The summed E-state index contributed by atoms with van der Waals surface area (Å²) in [5.41, 5.74) is 14.1. The van der Waals surface area contributed by atoms with Crippen LogP contribution in [0.5, 0.6) is 0 Å². The Bertz CT molecular complexity index is 1940. The van der Waals surface area contributed by atoms with Crippen molar-refractivity contribution in [3.63, 3.8) is 0 Å². The molecule has 2 aliphatic rings. The van der Waals surface area contributed by atoms with E-state index in [9.17, 15) is 0 Å². The van der Waals surface area contributed by atoms with Gasteiger partial charge in [-0.25, -0.2) is 0 Å². The Morgan fingerprint density at radius 2 is 1.05 bits per heavy atom. The first-order valence-electron chi connectivity index (χ1n) is 14.6. The molecular formula is C36H34N4. The van der Waals surface area contributed by atoms with E-state index < -0.39 is 0 Å². The van der Waals surface area contributed by atoms with Gasteiger partial charge in [-0.1, -0.05) is 76.2 Å². The van der Waals surface area contributed by atoms with Gasteiger partial charge in [0.2, 0.25) is 0 Å². The molecule has 7 rings (SSSR count). The topological polar surface area (TPSA) is 56.3 Å². The molecule has 0 bridgehead atoms. The summed E-state index contributed by atoms with van der Waals surface area (Å²) in [5, 5.41) is 5.05. The van der Waals surface area contributed by atoms with E-state index in [1.54, 1.807) is 0 Å². The predicted octanol–water partition coefficient (Wildman–Crippen LogP) is 9.20. The first kappa shape index (κ1) is 24.6. The normalized spacial score (nSPS) is 16.3. The zero-order valence-electron chi connectivity index (χ0n) is 23.7. The van der Waals surface area contributed by atoms with Crippen LogP contribution in [0.4, 0.5) is 0 Å². The van der Waals surface area contributed by atoms with Crippen LogP contribution in [-0.4, -0.2) is 21.4 Å². The molecule has 0 amide bonds. The lowest BCUT2D eigenvalue weighted by molar-refractivity contribution is 1.07. The highest BCUT2D eigenvalue weighted by Crippen LogP contribution is 2.39. The van der Waals surface area contributed by atoms with Crippen LogP contribution >= 0.6 is 0 Å². The maximum Gasteiger partial charge on any atom is 0.0733 e. The van der Waals surface area contributed by atoms with Crippen LogP contribution in [0.2, 0.25) is 0 Å². The van der Waals surface area contributed by atoms with Gasteiger partial charge >= 0.3 is 0 Å². The van der Waals surface area contributed by atoms with Crippen LogP contribution < -0.4 is 0 Å². The second kappa shape index (κ2) is 9.63. The average Bonchev–Trinajstić information content (AvgIpc) is 3.73. The fourth-order valence-electron chi connectivity index (χ4n) is 6.41.